The van der Waals surface area contributed by atoms with Gasteiger partial charge in [-0.05, 0) is 45.4 Å². The van der Waals surface area contributed by atoms with E-state index in [9.17, 15) is 9.59 Å². The number of carbonyl (C=O) groups is 2. The van der Waals surface area contributed by atoms with Crippen LogP contribution < -0.4 is 10.1 Å². The van der Waals surface area contributed by atoms with Crippen molar-refractivity contribution >= 4 is 29.2 Å². The van der Waals surface area contributed by atoms with Crippen LogP contribution in [0, 0.1) is 13.8 Å². The third kappa shape index (κ3) is 4.14. The number of aromatic amines is 1. The van der Waals surface area contributed by atoms with Crippen LogP contribution in [0.2, 0.25) is 5.02 Å². The fourth-order valence-corrected chi connectivity index (χ4v) is 2.68. The van der Waals surface area contributed by atoms with E-state index in [-0.39, 0.29) is 6.10 Å². The number of aryl methyl sites for hydroxylation is 1. The van der Waals surface area contributed by atoms with Crippen LogP contribution in [-0.4, -0.2) is 30.1 Å². The van der Waals surface area contributed by atoms with Crippen LogP contribution in [0.25, 0.3) is 0 Å². The molecule has 0 aliphatic heterocycles. The number of hydrogen-bond acceptors (Lipinski definition) is 4. The van der Waals surface area contributed by atoms with Gasteiger partial charge in [0.2, 0.25) is 0 Å². The number of H-pyrrole nitrogens is 1. The Bertz CT molecular complexity index is 812. The van der Waals surface area contributed by atoms with Gasteiger partial charge in [0.15, 0.2) is 0 Å². The number of nitrogens with one attached hydrogen (secondary N) is 2. The summed E-state index contributed by atoms with van der Waals surface area (Å²) in [4.78, 5) is 27.7. The highest BCUT2D eigenvalue weighted by atomic mass is 35.5. The first-order chi connectivity index (χ1) is 11.7. The zero-order chi connectivity index (χ0) is 18.7. The number of aromatic nitrogens is 1. The third-order valence-corrected chi connectivity index (χ3v) is 3.95. The molecule has 1 amide bonds. The third-order valence-electron chi connectivity index (χ3n) is 3.64. The average Bonchev–Trinajstić information content (AvgIpc) is 2.83. The highest BCUT2D eigenvalue weighted by molar-refractivity contribution is 6.34. The standard InChI is InChI=1S/C18H21ClN2O4/c1-9(2)25-18(23)15-10(3)16(20-11(15)4)17(22)21-14-7-6-12(24-5)8-13(14)19/h6-9,20H,1-5H3,(H,21,22). The van der Waals surface area contributed by atoms with Gasteiger partial charge >= 0.3 is 5.97 Å². The van der Waals surface area contributed by atoms with Gasteiger partial charge in [0.25, 0.3) is 5.91 Å². The van der Waals surface area contributed by atoms with E-state index < -0.39 is 11.9 Å². The van der Waals surface area contributed by atoms with Crippen LogP contribution in [0.1, 0.15) is 46.0 Å². The molecule has 1 aromatic heterocycles. The maximum Gasteiger partial charge on any atom is 0.340 e. The fraction of sp³-hybridized carbons (Fsp3) is 0.333. The second-order valence-corrected chi connectivity index (χ2v) is 6.29. The molecule has 134 valence electrons. The van der Waals surface area contributed by atoms with E-state index in [0.717, 1.165) is 0 Å². The topological polar surface area (TPSA) is 80.4 Å². The largest absolute Gasteiger partial charge is 0.497 e. The monoisotopic (exact) mass is 364 g/mol. The molecule has 0 bridgehead atoms. The summed E-state index contributed by atoms with van der Waals surface area (Å²) in [6.07, 6.45) is -0.239. The lowest BCUT2D eigenvalue weighted by Crippen LogP contribution is -2.15. The average molecular weight is 365 g/mol. The zero-order valence-electron chi connectivity index (χ0n) is 14.8. The number of benzene rings is 1. The van der Waals surface area contributed by atoms with E-state index in [1.807, 2.05) is 0 Å². The van der Waals surface area contributed by atoms with Crippen molar-refractivity contribution in [3.05, 3.63) is 45.7 Å². The molecule has 0 aliphatic rings. The number of halogens is 1. The zero-order valence-corrected chi connectivity index (χ0v) is 15.6. The maximum absolute atomic E-state index is 12.6. The van der Waals surface area contributed by atoms with Crippen molar-refractivity contribution in [3.63, 3.8) is 0 Å². The number of amides is 1. The molecule has 25 heavy (non-hydrogen) atoms. The number of esters is 1. The lowest BCUT2D eigenvalue weighted by Gasteiger charge is -2.09. The lowest BCUT2D eigenvalue weighted by atomic mass is 10.1. The predicted octanol–water partition coefficient (Wildman–Crippen LogP) is 4.11. The number of anilines is 1. The van der Waals surface area contributed by atoms with Gasteiger partial charge in [0.1, 0.15) is 11.4 Å². The van der Waals surface area contributed by atoms with Crippen molar-refractivity contribution in [2.24, 2.45) is 0 Å². The Labute approximate surface area is 151 Å². The lowest BCUT2D eigenvalue weighted by molar-refractivity contribution is 0.0376. The van der Waals surface area contributed by atoms with Gasteiger partial charge in [-0.2, -0.15) is 0 Å². The first-order valence-corrected chi connectivity index (χ1v) is 8.17. The van der Waals surface area contributed by atoms with Crippen molar-refractivity contribution in [2.45, 2.75) is 33.8 Å². The van der Waals surface area contributed by atoms with E-state index in [4.69, 9.17) is 21.1 Å². The van der Waals surface area contributed by atoms with Crippen molar-refractivity contribution < 1.29 is 19.1 Å². The van der Waals surface area contributed by atoms with Gasteiger partial charge < -0.3 is 19.8 Å². The van der Waals surface area contributed by atoms with Gasteiger partial charge in [-0.25, -0.2) is 4.79 Å². The van der Waals surface area contributed by atoms with Gasteiger partial charge in [0.05, 0.1) is 29.5 Å². The molecule has 1 aromatic carbocycles. The summed E-state index contributed by atoms with van der Waals surface area (Å²) in [5.41, 5.74) is 2.23. The first kappa shape index (κ1) is 18.9. The minimum Gasteiger partial charge on any atom is -0.497 e. The van der Waals surface area contributed by atoms with E-state index >= 15 is 0 Å². The van der Waals surface area contributed by atoms with E-state index in [1.54, 1.807) is 45.9 Å². The van der Waals surface area contributed by atoms with Crippen LogP contribution in [0.5, 0.6) is 5.75 Å². The van der Waals surface area contributed by atoms with Crippen LogP contribution in [0.4, 0.5) is 5.69 Å². The van der Waals surface area contributed by atoms with Gasteiger partial charge in [-0.1, -0.05) is 11.6 Å². The maximum atomic E-state index is 12.6. The Hall–Kier alpha value is -2.47. The first-order valence-electron chi connectivity index (χ1n) is 7.79. The summed E-state index contributed by atoms with van der Waals surface area (Å²) >= 11 is 6.14. The molecule has 7 heteroatoms. The summed E-state index contributed by atoms with van der Waals surface area (Å²) < 4.78 is 10.3. The van der Waals surface area contributed by atoms with Crippen molar-refractivity contribution in [1.82, 2.24) is 4.98 Å². The van der Waals surface area contributed by atoms with Gasteiger partial charge in [0, 0.05) is 11.8 Å². The molecule has 0 saturated heterocycles. The Morgan fingerprint density at radius 3 is 2.48 bits per heavy atom. The molecule has 0 fully saturated rings. The number of hydrogen-bond donors (Lipinski definition) is 2. The Balaban J connectivity index is 2.27. The Morgan fingerprint density at radius 2 is 1.92 bits per heavy atom. The molecule has 2 N–H and O–H groups in total. The van der Waals surface area contributed by atoms with Crippen LogP contribution in [-0.2, 0) is 4.74 Å². The molecule has 0 aliphatic carbocycles. The molecule has 0 radical (unpaired) electrons. The minimum absolute atomic E-state index is 0.239. The quantitative estimate of drug-likeness (QED) is 0.782. The van der Waals surface area contributed by atoms with Crippen molar-refractivity contribution in [3.8, 4) is 5.75 Å². The Morgan fingerprint density at radius 1 is 1.24 bits per heavy atom. The number of rotatable bonds is 5. The van der Waals surface area contributed by atoms with Crippen LogP contribution in [0.3, 0.4) is 0 Å². The van der Waals surface area contributed by atoms with Gasteiger partial charge in [-0.15, -0.1) is 0 Å². The van der Waals surface area contributed by atoms with E-state index in [2.05, 4.69) is 10.3 Å². The van der Waals surface area contributed by atoms with E-state index in [1.165, 1.54) is 7.11 Å². The van der Waals surface area contributed by atoms with Gasteiger partial charge in [-0.3, -0.25) is 4.79 Å². The molecule has 0 spiro atoms. The molecule has 0 atom stereocenters. The summed E-state index contributed by atoms with van der Waals surface area (Å²) in [6, 6.07) is 4.95. The van der Waals surface area contributed by atoms with Crippen molar-refractivity contribution in [2.75, 3.05) is 12.4 Å². The molecular weight excluding hydrogens is 344 g/mol. The summed E-state index contributed by atoms with van der Waals surface area (Å²) in [6.45, 7) is 6.97. The van der Waals surface area contributed by atoms with Crippen LogP contribution >= 0.6 is 11.6 Å². The molecular formula is C18H21ClN2O4. The van der Waals surface area contributed by atoms with Crippen LogP contribution in [0.15, 0.2) is 18.2 Å². The summed E-state index contributed by atoms with van der Waals surface area (Å²) in [5, 5.41) is 3.08. The smallest absolute Gasteiger partial charge is 0.340 e. The molecule has 1 heterocycles. The number of methoxy groups -OCH3 is 1. The minimum atomic E-state index is -0.456. The molecule has 6 nitrogen and oxygen atoms in total. The molecule has 0 saturated carbocycles. The van der Waals surface area contributed by atoms with Crippen molar-refractivity contribution in [1.29, 1.82) is 0 Å². The highest BCUT2D eigenvalue weighted by Crippen LogP contribution is 2.28. The molecule has 2 rings (SSSR count). The summed E-state index contributed by atoms with van der Waals surface area (Å²) in [7, 11) is 1.53. The molecule has 2 aromatic rings. The number of ether oxygens (including phenoxy) is 2. The second kappa shape index (κ2) is 7.61. The fourth-order valence-electron chi connectivity index (χ4n) is 2.47. The predicted molar refractivity (Wildman–Crippen MR) is 96.8 cm³/mol. The SMILES string of the molecule is COc1ccc(NC(=O)c2[nH]c(C)c(C(=O)OC(C)C)c2C)c(Cl)c1. The summed E-state index contributed by atoms with van der Waals surface area (Å²) in [5.74, 6) is -0.257. The second-order valence-electron chi connectivity index (χ2n) is 5.88. The number of carbonyl (C=O) groups excluding carboxylic acids is 2. The Kier molecular flexibility index (Phi) is 5.74. The molecule has 0 unspecified atom stereocenters. The highest BCUT2D eigenvalue weighted by Gasteiger charge is 2.24. The normalized spacial score (nSPS) is 10.7. The van der Waals surface area contributed by atoms with E-state index in [0.29, 0.717) is 39.0 Å².